The van der Waals surface area contributed by atoms with Crippen molar-refractivity contribution in [2.75, 3.05) is 24.6 Å². The van der Waals surface area contributed by atoms with Gasteiger partial charge in [0.2, 0.25) is 11.8 Å². The van der Waals surface area contributed by atoms with Crippen LogP contribution in [0, 0.1) is 18.8 Å². The van der Waals surface area contributed by atoms with Crippen molar-refractivity contribution >= 4 is 41.0 Å². The molecule has 6 rings (SSSR count). The molecule has 0 aromatic heterocycles. The van der Waals surface area contributed by atoms with Crippen LogP contribution in [0.3, 0.4) is 0 Å². The smallest absolute Gasteiger partial charge is 0.313 e. The van der Waals surface area contributed by atoms with E-state index in [1.165, 1.54) is 9.80 Å². The van der Waals surface area contributed by atoms with Crippen molar-refractivity contribution in [3.8, 4) is 0 Å². The number of allylic oxidation sites excluding steroid dienone is 1. The number of aryl methyl sites for hydroxylation is 1. The van der Waals surface area contributed by atoms with Crippen LogP contribution in [0.4, 0.5) is 5.69 Å². The average Bonchev–Trinajstić information content (AvgIpc) is 3.82. The van der Waals surface area contributed by atoms with E-state index in [0.717, 1.165) is 11.1 Å². The largest absolute Gasteiger partial charge is 0.455 e. The number of halogens is 1. The Morgan fingerprint density at radius 2 is 1.79 bits per heavy atom. The molecule has 2 N–H and O–H groups in total. The number of benzene rings is 3. The summed E-state index contributed by atoms with van der Waals surface area (Å²) in [6, 6.07) is 21.9. The quantitative estimate of drug-likeness (QED) is 0.147. The monoisotopic (exact) mass is 739 g/mol. The number of nitrogens with zero attached hydrogens (tertiary/aromatic N) is 2. The topological polar surface area (TPSA) is 125 Å². The minimum atomic E-state index is -1.37. The van der Waals surface area contributed by atoms with Crippen molar-refractivity contribution in [2.24, 2.45) is 11.8 Å². The number of para-hydroxylation sites is 1. The number of carbonyl (C=O) groups is 4. The molecule has 1 spiro atoms. The third-order valence-electron chi connectivity index (χ3n) is 10.7. The maximum atomic E-state index is 15.2. The average molecular weight is 740 g/mol. The van der Waals surface area contributed by atoms with Crippen LogP contribution in [0.5, 0.6) is 0 Å². The lowest BCUT2D eigenvalue weighted by atomic mass is 9.70. The Balaban J connectivity index is 1.38. The normalized spacial score (nSPS) is 23.9. The van der Waals surface area contributed by atoms with E-state index in [4.69, 9.17) is 21.1 Å². The number of hydrogen-bond donors (Lipinski definition) is 2. The number of anilines is 1. The summed E-state index contributed by atoms with van der Waals surface area (Å²) in [4.78, 5) is 60.0. The summed E-state index contributed by atoms with van der Waals surface area (Å²) in [5, 5.41) is 14.1. The number of rotatable bonds is 16. The number of nitrogens with one attached hydrogen (secondary N) is 1. The van der Waals surface area contributed by atoms with Crippen LogP contribution in [-0.4, -0.2) is 77.2 Å². The maximum Gasteiger partial charge on any atom is 0.313 e. The second-order valence-corrected chi connectivity index (χ2v) is 14.3. The van der Waals surface area contributed by atoms with Crippen molar-refractivity contribution in [2.45, 2.75) is 68.9 Å². The van der Waals surface area contributed by atoms with Gasteiger partial charge in [0.15, 0.2) is 0 Å². The molecule has 3 aliphatic heterocycles. The molecule has 53 heavy (non-hydrogen) atoms. The highest BCUT2D eigenvalue weighted by Gasteiger charge is 2.75. The minimum absolute atomic E-state index is 0.0261. The standard InChI is InChI=1S/C42H46ClN3O7/c1-4-6-20-34(48)44-25-33(29-17-11-8-12-18-29)52-41(51)35-32-21-22-42(53-32)36(35)39(49)46(30(26-47)24-28-15-9-7-10-16-28)38(42)40(50)45(23-5-2)37-27(3)14-13-19-31(37)43/h4-5,7-19,30,32-33,35-36,38,47H,1-2,6,20-26H2,3H3,(H,44,48)/t30-,32-,33+,35+,36+,38-,42+/m1/s1. The van der Waals surface area contributed by atoms with E-state index in [2.05, 4.69) is 18.5 Å². The fraction of sp³-hybridized carbons (Fsp3) is 0.381. The summed E-state index contributed by atoms with van der Waals surface area (Å²) in [6.45, 7) is 9.11. The Hall–Kier alpha value is -4.77. The molecular weight excluding hydrogens is 694 g/mol. The third kappa shape index (κ3) is 7.40. The van der Waals surface area contributed by atoms with Gasteiger partial charge in [-0.3, -0.25) is 19.2 Å². The zero-order valence-corrected chi connectivity index (χ0v) is 30.6. The van der Waals surface area contributed by atoms with E-state index >= 15 is 4.79 Å². The molecule has 3 fully saturated rings. The van der Waals surface area contributed by atoms with Crippen molar-refractivity contribution < 1.29 is 33.8 Å². The predicted octanol–water partition coefficient (Wildman–Crippen LogP) is 5.51. The van der Waals surface area contributed by atoms with Gasteiger partial charge in [0, 0.05) is 13.0 Å². The van der Waals surface area contributed by atoms with E-state index < -0.39 is 66.1 Å². The molecule has 3 amide bonds. The number of hydrogen-bond acceptors (Lipinski definition) is 7. The Morgan fingerprint density at radius 3 is 2.45 bits per heavy atom. The van der Waals surface area contributed by atoms with Gasteiger partial charge in [-0.2, -0.15) is 0 Å². The Morgan fingerprint density at radius 1 is 1.08 bits per heavy atom. The first-order valence-electron chi connectivity index (χ1n) is 18.1. The fourth-order valence-electron chi connectivity index (χ4n) is 8.34. The number of fused-ring (bicyclic) bond motifs is 1. The number of amides is 3. The first-order valence-corrected chi connectivity index (χ1v) is 18.5. The Labute approximate surface area is 315 Å². The molecule has 10 nitrogen and oxygen atoms in total. The second-order valence-electron chi connectivity index (χ2n) is 13.9. The third-order valence-corrected chi connectivity index (χ3v) is 11.0. The van der Waals surface area contributed by atoms with Crippen LogP contribution < -0.4 is 10.2 Å². The van der Waals surface area contributed by atoms with Gasteiger partial charge in [0.25, 0.3) is 5.91 Å². The van der Waals surface area contributed by atoms with Crippen LogP contribution in [0.15, 0.2) is 104 Å². The van der Waals surface area contributed by atoms with E-state index in [9.17, 15) is 19.5 Å². The van der Waals surface area contributed by atoms with Gasteiger partial charge in [-0.1, -0.05) is 96.5 Å². The second kappa shape index (κ2) is 16.5. The van der Waals surface area contributed by atoms with E-state index in [-0.39, 0.29) is 31.8 Å². The number of aliphatic hydroxyl groups is 1. The SMILES string of the molecule is C=CCCC(=O)NC[C@H](OC(=O)[C@@H]1[C@H]2C(=O)N([C@@H](CO)Cc3ccccc3)[C@H](C(=O)N(CC=C)c3c(C)cccc3Cl)[C@]23CC[C@H]1O3)c1ccccc1. The van der Waals surface area contributed by atoms with Gasteiger partial charge >= 0.3 is 5.97 Å². The molecule has 3 aliphatic rings. The summed E-state index contributed by atoms with van der Waals surface area (Å²) < 4.78 is 12.9. The molecule has 0 radical (unpaired) electrons. The molecule has 3 aromatic carbocycles. The summed E-state index contributed by atoms with van der Waals surface area (Å²) in [6.07, 6.45) is 3.52. The molecule has 3 heterocycles. The lowest BCUT2D eigenvalue weighted by Gasteiger charge is -2.39. The van der Waals surface area contributed by atoms with Crippen LogP contribution in [0.2, 0.25) is 5.02 Å². The van der Waals surface area contributed by atoms with Gasteiger partial charge in [-0.15, -0.1) is 13.2 Å². The highest BCUT2D eigenvalue weighted by atomic mass is 35.5. The zero-order chi connectivity index (χ0) is 37.7. The van der Waals surface area contributed by atoms with Gasteiger partial charge in [-0.25, -0.2) is 0 Å². The van der Waals surface area contributed by atoms with Gasteiger partial charge in [0.05, 0.1) is 47.8 Å². The lowest BCUT2D eigenvalue weighted by Crippen LogP contribution is -2.59. The van der Waals surface area contributed by atoms with Crippen molar-refractivity contribution in [1.82, 2.24) is 10.2 Å². The highest BCUT2D eigenvalue weighted by Crippen LogP contribution is 2.59. The van der Waals surface area contributed by atoms with Gasteiger partial charge in [-0.05, 0) is 55.4 Å². The molecular formula is C42H46ClN3O7. The number of ether oxygens (including phenoxy) is 2. The number of likely N-dealkylation sites (tertiary alicyclic amines) is 1. The summed E-state index contributed by atoms with van der Waals surface area (Å²) >= 11 is 6.72. The van der Waals surface area contributed by atoms with E-state index in [0.29, 0.717) is 35.5 Å². The molecule has 11 heteroatoms. The van der Waals surface area contributed by atoms with Crippen LogP contribution in [0.25, 0.3) is 0 Å². The maximum absolute atomic E-state index is 15.2. The molecule has 0 aliphatic carbocycles. The van der Waals surface area contributed by atoms with Crippen LogP contribution in [0.1, 0.15) is 48.5 Å². The summed E-state index contributed by atoms with van der Waals surface area (Å²) in [5.41, 5.74) is 1.41. The zero-order valence-electron chi connectivity index (χ0n) is 29.9. The van der Waals surface area contributed by atoms with Crippen LogP contribution >= 0.6 is 11.6 Å². The molecule has 0 unspecified atom stereocenters. The van der Waals surface area contributed by atoms with E-state index in [1.807, 2.05) is 73.7 Å². The van der Waals surface area contributed by atoms with E-state index in [1.54, 1.807) is 24.3 Å². The highest BCUT2D eigenvalue weighted by molar-refractivity contribution is 6.34. The number of aliphatic hydroxyl groups excluding tert-OH is 1. The first kappa shape index (κ1) is 38.0. The molecule has 3 saturated heterocycles. The Bertz CT molecular complexity index is 1820. The fourth-order valence-corrected chi connectivity index (χ4v) is 8.67. The molecule has 2 bridgehead atoms. The summed E-state index contributed by atoms with van der Waals surface area (Å²) in [7, 11) is 0. The summed E-state index contributed by atoms with van der Waals surface area (Å²) in [5.74, 6) is -3.83. The lowest BCUT2D eigenvalue weighted by molar-refractivity contribution is -0.161. The van der Waals surface area contributed by atoms with Crippen molar-refractivity contribution in [3.63, 3.8) is 0 Å². The first-order chi connectivity index (χ1) is 25.6. The van der Waals surface area contributed by atoms with Crippen LogP contribution in [-0.2, 0) is 35.1 Å². The predicted molar refractivity (Wildman–Crippen MR) is 202 cm³/mol. The molecule has 7 atom stereocenters. The Kier molecular flexibility index (Phi) is 11.8. The minimum Gasteiger partial charge on any atom is -0.455 e. The molecule has 278 valence electrons. The molecule has 0 saturated carbocycles. The molecule has 3 aromatic rings. The number of esters is 1. The van der Waals surface area contributed by atoms with Gasteiger partial charge < -0.3 is 29.7 Å². The van der Waals surface area contributed by atoms with Crippen molar-refractivity contribution in [1.29, 1.82) is 0 Å². The van der Waals surface area contributed by atoms with Gasteiger partial charge in [0.1, 0.15) is 17.7 Å². The van der Waals surface area contributed by atoms with Crippen molar-refractivity contribution in [3.05, 3.63) is 126 Å². The number of carbonyl (C=O) groups excluding carboxylic acids is 4.